The zero-order valence-electron chi connectivity index (χ0n) is 31.2. The van der Waals surface area contributed by atoms with Gasteiger partial charge in [-0.15, -0.1) is 10.2 Å². The molecule has 0 bridgehead atoms. The van der Waals surface area contributed by atoms with E-state index in [2.05, 4.69) is 41.6 Å². The molecule has 1 aromatic heterocycles. The Balaban J connectivity index is 0.701. The van der Waals surface area contributed by atoms with E-state index in [1.54, 1.807) is 36.4 Å². The van der Waals surface area contributed by atoms with Crippen LogP contribution in [0, 0.1) is 29.1 Å². The van der Waals surface area contributed by atoms with Gasteiger partial charge in [0, 0.05) is 70.0 Å². The third-order valence-corrected chi connectivity index (χ3v) is 12.9. The smallest absolute Gasteiger partial charge is 0.272 e. The molecule has 9 rings (SSSR count). The zero-order chi connectivity index (χ0) is 39.4. The van der Waals surface area contributed by atoms with E-state index < -0.39 is 29.7 Å². The first-order chi connectivity index (χ1) is 27.6. The van der Waals surface area contributed by atoms with Crippen LogP contribution in [-0.2, 0) is 9.59 Å². The summed E-state index contributed by atoms with van der Waals surface area (Å²) in [5.41, 5.74) is 2.23. The maximum Gasteiger partial charge on any atom is 0.272 e. The fraction of sp³-hybridized carbons (Fsp3) is 0.463. The molecule has 4 atom stereocenters. The average Bonchev–Trinajstić information content (AvgIpc) is 3.51. The molecule has 2 saturated carbocycles. The van der Waals surface area contributed by atoms with Gasteiger partial charge in [0.25, 0.3) is 17.7 Å². The van der Waals surface area contributed by atoms with Crippen LogP contribution in [-0.4, -0.2) is 114 Å². The van der Waals surface area contributed by atoms with Crippen molar-refractivity contribution in [3.05, 3.63) is 75.9 Å². The minimum absolute atomic E-state index is 0.0187. The molecule has 3 saturated heterocycles. The van der Waals surface area contributed by atoms with Gasteiger partial charge in [0.2, 0.25) is 11.8 Å². The second kappa shape index (κ2) is 15.1. The predicted molar refractivity (Wildman–Crippen MR) is 207 cm³/mol. The van der Waals surface area contributed by atoms with Crippen molar-refractivity contribution < 1.29 is 28.7 Å². The first-order valence-corrected chi connectivity index (χ1v) is 20.1. The molecule has 5 fully saturated rings. The summed E-state index contributed by atoms with van der Waals surface area (Å²) in [7, 11) is 0. The number of piperidine rings is 2. The Labute approximate surface area is 334 Å². The van der Waals surface area contributed by atoms with Crippen molar-refractivity contribution in [1.29, 1.82) is 5.26 Å². The van der Waals surface area contributed by atoms with Crippen molar-refractivity contribution in [1.82, 2.24) is 30.6 Å². The topological polar surface area (TPSA) is 181 Å². The molecule has 6 aliphatic rings. The molecule has 2 aromatic carbocycles. The number of piperazine rings is 1. The number of nitrogens with one attached hydrogen (secondary N) is 2. The number of aromatic nitrogens is 2. The highest BCUT2D eigenvalue weighted by Gasteiger charge is 2.56. The van der Waals surface area contributed by atoms with Gasteiger partial charge in [0.15, 0.2) is 11.5 Å². The lowest BCUT2D eigenvalue weighted by molar-refractivity contribution is -0.136. The Morgan fingerprint density at radius 1 is 0.877 bits per heavy atom. The monoisotopic (exact) mass is 791 g/mol. The van der Waals surface area contributed by atoms with E-state index in [0.717, 1.165) is 87.9 Å². The Morgan fingerprint density at radius 3 is 2.32 bits per heavy atom. The first-order valence-electron chi connectivity index (χ1n) is 19.7. The number of nitrogens with zero attached hydrogens (tertiary/aromatic N) is 7. The van der Waals surface area contributed by atoms with Crippen molar-refractivity contribution in [2.75, 3.05) is 55.6 Å². The molecule has 2 unspecified atom stereocenters. The number of fused-ring (bicyclic) bond motifs is 2. The minimum atomic E-state index is -0.971. The molecule has 15 nitrogen and oxygen atoms in total. The number of amides is 5. The van der Waals surface area contributed by atoms with E-state index in [-0.39, 0.29) is 30.9 Å². The Hall–Kier alpha value is -5.59. The second-order valence-corrected chi connectivity index (χ2v) is 16.4. The number of nitriles is 1. The lowest BCUT2D eigenvalue weighted by Gasteiger charge is -2.35. The van der Waals surface area contributed by atoms with Crippen LogP contribution in [0.4, 0.5) is 11.5 Å². The lowest BCUT2D eigenvalue weighted by Crippen LogP contribution is -2.54. The second-order valence-electron chi connectivity index (χ2n) is 16.0. The van der Waals surface area contributed by atoms with E-state index in [0.29, 0.717) is 50.9 Å². The highest BCUT2D eigenvalue weighted by Crippen LogP contribution is 2.53. The molecule has 0 radical (unpaired) electrons. The molecule has 294 valence electrons. The number of anilines is 2. The molecule has 4 aliphatic heterocycles. The summed E-state index contributed by atoms with van der Waals surface area (Å²) >= 11 is 6.14. The molecule has 57 heavy (non-hydrogen) atoms. The quantitative estimate of drug-likeness (QED) is 0.303. The van der Waals surface area contributed by atoms with E-state index >= 15 is 0 Å². The highest BCUT2D eigenvalue weighted by molar-refractivity contribution is 6.31. The van der Waals surface area contributed by atoms with Crippen LogP contribution in [0.5, 0.6) is 5.75 Å². The van der Waals surface area contributed by atoms with E-state index in [1.807, 2.05) is 12.1 Å². The normalized spacial score (nSPS) is 27.1. The first kappa shape index (κ1) is 37.0. The number of benzene rings is 2. The van der Waals surface area contributed by atoms with Crippen LogP contribution in [0.15, 0.2) is 48.5 Å². The maximum atomic E-state index is 13.3. The van der Waals surface area contributed by atoms with Crippen molar-refractivity contribution in [3.8, 4) is 11.8 Å². The number of halogens is 1. The van der Waals surface area contributed by atoms with Gasteiger partial charge < -0.3 is 19.9 Å². The molecular formula is C41H42ClN9O6. The lowest BCUT2D eigenvalue weighted by atomic mass is 9.93. The number of rotatable bonds is 9. The van der Waals surface area contributed by atoms with Crippen molar-refractivity contribution in [3.63, 3.8) is 0 Å². The van der Waals surface area contributed by atoms with Gasteiger partial charge >= 0.3 is 0 Å². The van der Waals surface area contributed by atoms with Crippen molar-refractivity contribution >= 4 is 52.6 Å². The molecule has 2 N–H and O–H groups in total. The Bertz CT molecular complexity index is 2170. The van der Waals surface area contributed by atoms with Crippen LogP contribution in [0.2, 0.25) is 5.02 Å². The van der Waals surface area contributed by atoms with E-state index in [1.165, 1.54) is 0 Å². The maximum absolute atomic E-state index is 13.3. The number of imide groups is 2. The highest BCUT2D eigenvalue weighted by atomic mass is 35.5. The SMILES string of the molecule is N#Cc1ccc(O[C@H]2CC[C@H](NC(=O)c3ccc(N4CCN(CC5[C@H]6CN(c7ccc8c(c7)C(=O)N(C7CCC(=O)NC7=O)C8=O)C[C@@H]56)CC4)nn3)CC2)cc1Cl. The molecule has 0 spiro atoms. The summed E-state index contributed by atoms with van der Waals surface area (Å²) < 4.78 is 6.08. The van der Waals surface area contributed by atoms with Crippen molar-refractivity contribution in [2.24, 2.45) is 17.8 Å². The summed E-state index contributed by atoms with van der Waals surface area (Å²) in [4.78, 5) is 71.5. The number of carbonyl (C=O) groups is 5. The van der Waals surface area contributed by atoms with Crippen LogP contribution in [0.1, 0.15) is 75.3 Å². The van der Waals surface area contributed by atoms with Gasteiger partial charge in [-0.1, -0.05) is 11.6 Å². The molecule has 5 heterocycles. The summed E-state index contributed by atoms with van der Waals surface area (Å²) in [6.45, 7) is 6.31. The standard InChI is InChI=1S/C41H42ClN9O6/c42-33-18-27(5-1-23(33)19-43)57-26-6-2-24(3-7-26)44-38(53)34-9-11-36(47-46-34)49-15-13-48(14-16-49)20-30-31-21-50(22-32(30)31)25-4-8-28-29(17-25)41(56)51(40(28)55)35-10-12-37(52)45-39(35)54/h1,4-5,8-9,11,17-18,24,26,30-32,35H,2-3,6-7,10,12-16,20-22H2,(H,44,53)(H,45,52,54)/t24-,26-,30?,31-,32+,35?. The third kappa shape index (κ3) is 7.28. The predicted octanol–water partition coefficient (Wildman–Crippen LogP) is 3.03. The average molecular weight is 792 g/mol. The largest absolute Gasteiger partial charge is 0.490 e. The molecule has 16 heteroatoms. The summed E-state index contributed by atoms with van der Waals surface area (Å²) in [5.74, 6) is 0.984. The van der Waals surface area contributed by atoms with Crippen molar-refractivity contribution in [2.45, 2.75) is 56.7 Å². The van der Waals surface area contributed by atoms with Crippen LogP contribution >= 0.6 is 11.6 Å². The summed E-state index contributed by atoms with van der Waals surface area (Å²) in [6, 6.07) is 15.2. The molecular weight excluding hydrogens is 750 g/mol. The van der Waals surface area contributed by atoms with Gasteiger partial charge in [0.1, 0.15) is 17.9 Å². The van der Waals surface area contributed by atoms with E-state index in [9.17, 15) is 24.0 Å². The van der Waals surface area contributed by atoms with Crippen LogP contribution < -0.4 is 25.2 Å². The van der Waals surface area contributed by atoms with Crippen LogP contribution in [0.25, 0.3) is 0 Å². The Kier molecular flexibility index (Phi) is 9.78. The number of ether oxygens (including phenoxy) is 1. The third-order valence-electron chi connectivity index (χ3n) is 12.6. The molecule has 2 aliphatic carbocycles. The van der Waals surface area contributed by atoms with Gasteiger partial charge in [0.05, 0.1) is 27.8 Å². The molecule has 3 aromatic rings. The fourth-order valence-electron chi connectivity index (χ4n) is 9.30. The summed E-state index contributed by atoms with van der Waals surface area (Å²) in [5, 5.41) is 23.5. The summed E-state index contributed by atoms with van der Waals surface area (Å²) in [6.07, 6.45) is 3.39. The van der Waals surface area contributed by atoms with Gasteiger partial charge in [-0.05, 0) is 92.3 Å². The zero-order valence-corrected chi connectivity index (χ0v) is 32.0. The van der Waals surface area contributed by atoms with Gasteiger partial charge in [-0.3, -0.25) is 39.1 Å². The van der Waals surface area contributed by atoms with Crippen LogP contribution in [0.3, 0.4) is 0 Å². The molecule has 5 amide bonds. The van der Waals surface area contributed by atoms with E-state index in [4.69, 9.17) is 21.6 Å². The number of carbonyl (C=O) groups excluding carboxylic acids is 5. The van der Waals surface area contributed by atoms with Gasteiger partial charge in [-0.25, -0.2) is 0 Å². The number of hydrogen-bond donors (Lipinski definition) is 2. The van der Waals surface area contributed by atoms with Gasteiger partial charge in [-0.2, -0.15) is 5.26 Å². The Morgan fingerprint density at radius 2 is 1.63 bits per heavy atom. The minimum Gasteiger partial charge on any atom is -0.490 e. The fourth-order valence-corrected chi connectivity index (χ4v) is 9.51. The number of hydrogen-bond acceptors (Lipinski definition) is 12.